The van der Waals surface area contributed by atoms with Gasteiger partial charge in [0.2, 0.25) is 0 Å². The van der Waals surface area contributed by atoms with E-state index in [4.69, 9.17) is 11.6 Å². The van der Waals surface area contributed by atoms with Crippen molar-refractivity contribution in [1.82, 2.24) is 0 Å². The number of anilines is 1. The molecule has 0 heterocycles. The SMILES string of the molecule is O.O.O=C([O-])CCc1ccc(Cl)c(NCC(=O)[O-])c1O.[K+].[K+]. The van der Waals surface area contributed by atoms with Crippen LogP contribution in [0.15, 0.2) is 12.1 Å². The van der Waals surface area contributed by atoms with Gasteiger partial charge in [0.1, 0.15) is 5.75 Å². The molecule has 0 aliphatic carbocycles. The molecule has 0 aliphatic rings. The molecule has 0 aliphatic heterocycles. The minimum Gasteiger partial charge on any atom is -0.550 e. The number of halogens is 1. The summed E-state index contributed by atoms with van der Waals surface area (Å²) in [4.78, 5) is 20.6. The van der Waals surface area contributed by atoms with Gasteiger partial charge in [-0.15, -0.1) is 0 Å². The average Bonchev–Trinajstić information content (AvgIpc) is 2.27. The van der Waals surface area contributed by atoms with Gasteiger partial charge < -0.3 is 41.2 Å². The van der Waals surface area contributed by atoms with Gasteiger partial charge >= 0.3 is 103 Å². The second kappa shape index (κ2) is 15.8. The van der Waals surface area contributed by atoms with Gasteiger partial charge in [0.05, 0.1) is 23.2 Å². The molecule has 114 valence electrons. The number of nitrogens with one attached hydrogen (secondary N) is 1. The van der Waals surface area contributed by atoms with Crippen LogP contribution < -0.4 is 118 Å². The number of aliphatic carboxylic acids is 2. The molecule has 0 amide bonds. The van der Waals surface area contributed by atoms with E-state index in [0.717, 1.165) is 0 Å². The van der Waals surface area contributed by atoms with Crippen molar-refractivity contribution >= 4 is 29.2 Å². The molecule has 0 bridgehead atoms. The van der Waals surface area contributed by atoms with Crippen molar-refractivity contribution in [1.29, 1.82) is 0 Å². The average molecular weight is 386 g/mol. The fraction of sp³-hybridized carbons (Fsp3) is 0.273. The summed E-state index contributed by atoms with van der Waals surface area (Å²) >= 11 is 5.78. The van der Waals surface area contributed by atoms with Crippen LogP contribution in [0.4, 0.5) is 5.69 Å². The number of carbonyl (C=O) groups is 2. The molecule has 11 heteroatoms. The normalized spacial score (nSPS) is 8.23. The molecule has 0 saturated carbocycles. The van der Waals surface area contributed by atoms with Gasteiger partial charge in [-0.3, -0.25) is 0 Å². The smallest absolute Gasteiger partial charge is 0.550 e. The molecule has 8 nitrogen and oxygen atoms in total. The predicted molar refractivity (Wildman–Crippen MR) is 67.2 cm³/mol. The van der Waals surface area contributed by atoms with Crippen LogP contribution in [0.5, 0.6) is 5.75 Å². The summed E-state index contributed by atoms with van der Waals surface area (Å²) in [6.45, 7) is -0.517. The third-order valence-electron chi connectivity index (χ3n) is 2.22. The fourth-order valence-electron chi connectivity index (χ4n) is 1.38. The number of hydrogen-bond donors (Lipinski definition) is 2. The summed E-state index contributed by atoms with van der Waals surface area (Å²) in [7, 11) is 0. The van der Waals surface area contributed by atoms with Gasteiger partial charge in [0, 0.05) is 5.97 Å². The number of carboxylic acid groups (broad SMARTS) is 2. The Hall–Kier alpha value is 1.24. The fourth-order valence-corrected chi connectivity index (χ4v) is 1.60. The maximum atomic E-state index is 10.3. The summed E-state index contributed by atoms with van der Waals surface area (Å²) < 4.78 is 0. The molecule has 0 saturated heterocycles. The molecule has 1 aromatic rings. The molecule has 22 heavy (non-hydrogen) atoms. The van der Waals surface area contributed by atoms with Gasteiger partial charge in [-0.25, -0.2) is 0 Å². The summed E-state index contributed by atoms with van der Waals surface area (Å²) in [5.41, 5.74) is 0.376. The Morgan fingerprint density at radius 2 is 1.68 bits per heavy atom. The van der Waals surface area contributed by atoms with E-state index >= 15 is 0 Å². The van der Waals surface area contributed by atoms with Crippen LogP contribution in [-0.4, -0.2) is 34.5 Å². The summed E-state index contributed by atoms with van der Waals surface area (Å²) in [6.07, 6.45) is -0.194. The molecule has 0 unspecified atom stereocenters. The van der Waals surface area contributed by atoms with Crippen LogP contribution in [0.25, 0.3) is 0 Å². The van der Waals surface area contributed by atoms with E-state index in [9.17, 15) is 24.9 Å². The first-order valence-corrected chi connectivity index (χ1v) is 5.43. The largest absolute Gasteiger partial charge is 1.00 e. The van der Waals surface area contributed by atoms with Crippen molar-refractivity contribution in [3.8, 4) is 5.75 Å². The molecule has 0 aromatic heterocycles. The number of rotatable bonds is 6. The van der Waals surface area contributed by atoms with Gasteiger partial charge in [-0.05, 0) is 24.5 Å². The van der Waals surface area contributed by atoms with Crippen molar-refractivity contribution in [3.05, 3.63) is 22.7 Å². The van der Waals surface area contributed by atoms with Crippen LogP contribution in [0.3, 0.4) is 0 Å². The third kappa shape index (κ3) is 10.9. The van der Waals surface area contributed by atoms with Crippen molar-refractivity contribution in [2.75, 3.05) is 11.9 Å². The van der Waals surface area contributed by atoms with Crippen LogP contribution in [-0.2, 0) is 16.0 Å². The number of hydrogen-bond acceptors (Lipinski definition) is 6. The van der Waals surface area contributed by atoms with Crippen molar-refractivity contribution < 1.29 is 139 Å². The van der Waals surface area contributed by atoms with E-state index in [2.05, 4.69) is 5.32 Å². The first-order chi connectivity index (χ1) is 8.41. The molecule has 6 N–H and O–H groups in total. The Balaban J connectivity index is -0.000000405. The quantitative estimate of drug-likeness (QED) is 0.363. The molecule has 1 aromatic carbocycles. The topological polar surface area (TPSA) is 176 Å². The molecule has 0 radical (unpaired) electrons. The number of aryl methyl sites for hydroxylation is 1. The molecule has 1 rings (SSSR count). The Kier molecular flexibility index (Phi) is 22.2. The number of aromatic hydroxyl groups is 1. The number of carboxylic acids is 2. The van der Waals surface area contributed by atoms with Crippen LogP contribution >= 0.6 is 11.6 Å². The van der Waals surface area contributed by atoms with Crippen molar-refractivity contribution in [3.63, 3.8) is 0 Å². The first-order valence-electron chi connectivity index (χ1n) is 5.05. The summed E-state index contributed by atoms with van der Waals surface area (Å²) in [5, 5.41) is 33.0. The Morgan fingerprint density at radius 1 is 1.14 bits per heavy atom. The van der Waals surface area contributed by atoms with E-state index in [1.807, 2.05) is 0 Å². The molecular weight excluding hydrogens is 372 g/mol. The van der Waals surface area contributed by atoms with Crippen molar-refractivity contribution in [2.45, 2.75) is 12.8 Å². The minimum atomic E-state index is -1.36. The molecule has 0 atom stereocenters. The Bertz CT molecular complexity index is 488. The number of phenols is 1. The van der Waals surface area contributed by atoms with E-state index < -0.39 is 18.5 Å². The van der Waals surface area contributed by atoms with Crippen LogP contribution in [0.2, 0.25) is 5.02 Å². The van der Waals surface area contributed by atoms with Gasteiger partial charge in [0.25, 0.3) is 0 Å². The zero-order valence-corrected chi connectivity index (χ0v) is 19.2. The molecular formula is C11H14ClK2NO7. The van der Waals surface area contributed by atoms with E-state index in [0.29, 0.717) is 5.56 Å². The number of phenolic OH excluding ortho intramolecular Hbond substituents is 1. The van der Waals surface area contributed by atoms with Gasteiger partial charge in [-0.1, -0.05) is 17.7 Å². The number of carbonyl (C=O) groups excluding carboxylic acids is 2. The monoisotopic (exact) mass is 385 g/mol. The number of benzene rings is 1. The maximum absolute atomic E-state index is 10.3. The first kappa shape index (κ1) is 31.1. The van der Waals surface area contributed by atoms with Gasteiger partial charge in [-0.2, -0.15) is 0 Å². The van der Waals surface area contributed by atoms with Crippen LogP contribution in [0, 0.1) is 0 Å². The second-order valence-electron chi connectivity index (χ2n) is 3.53. The standard InChI is InChI=1S/C11H12ClNO5.2K.2H2O/c12-7-3-1-6(2-4-8(14)15)11(18)10(7)13-5-9(16)17;;;;/h1,3,13,18H,2,4-5H2,(H,14,15)(H,16,17);;;2*1H2/q;2*+1;;/p-2. The Morgan fingerprint density at radius 3 is 2.14 bits per heavy atom. The predicted octanol–water partition coefficient (Wildman–Crippen LogP) is -8.75. The van der Waals surface area contributed by atoms with E-state index in [1.165, 1.54) is 12.1 Å². The maximum Gasteiger partial charge on any atom is 1.00 e. The molecule has 0 fully saturated rings. The molecule has 0 spiro atoms. The van der Waals surface area contributed by atoms with Crippen LogP contribution in [0.1, 0.15) is 12.0 Å². The van der Waals surface area contributed by atoms with Gasteiger partial charge in [0.15, 0.2) is 0 Å². The second-order valence-corrected chi connectivity index (χ2v) is 3.93. The zero-order chi connectivity index (χ0) is 13.7. The van der Waals surface area contributed by atoms with E-state index in [1.54, 1.807) is 0 Å². The summed E-state index contributed by atoms with van der Waals surface area (Å²) in [6, 6.07) is 2.90. The summed E-state index contributed by atoms with van der Waals surface area (Å²) in [5.74, 6) is -2.87. The minimum absolute atomic E-state index is 0. The third-order valence-corrected chi connectivity index (χ3v) is 2.53. The van der Waals surface area contributed by atoms with Crippen molar-refractivity contribution in [2.24, 2.45) is 0 Å². The Labute approximate surface area is 217 Å². The zero-order valence-electron chi connectivity index (χ0n) is 12.2. The van der Waals surface area contributed by atoms with E-state index in [-0.39, 0.29) is 143 Å².